The Kier molecular flexibility index (Phi) is 3.19. The van der Waals surface area contributed by atoms with Gasteiger partial charge >= 0.3 is 0 Å². The van der Waals surface area contributed by atoms with Gasteiger partial charge in [-0.05, 0) is 35.0 Å². The van der Waals surface area contributed by atoms with Gasteiger partial charge in [0.2, 0.25) is 0 Å². The minimum Gasteiger partial charge on any atom is -0.364 e. The first-order chi connectivity index (χ1) is 7.66. The molecule has 84 valence electrons. The van der Waals surface area contributed by atoms with Crippen molar-refractivity contribution in [3.63, 3.8) is 0 Å². The summed E-state index contributed by atoms with van der Waals surface area (Å²) in [6.07, 6.45) is 1.73. The van der Waals surface area contributed by atoms with Crippen LogP contribution in [0.1, 0.15) is 11.4 Å². The molecule has 5 nitrogen and oxygen atoms in total. The number of hydrogen-bond acceptors (Lipinski definition) is 4. The second kappa shape index (κ2) is 4.61. The molecule has 0 radical (unpaired) electrons. The molecule has 0 aliphatic carbocycles. The quantitative estimate of drug-likeness (QED) is 0.934. The van der Waals surface area contributed by atoms with E-state index in [0.717, 1.165) is 21.7 Å². The maximum Gasteiger partial charge on any atom is 0.126 e. The Morgan fingerprint density at radius 2 is 2.25 bits per heavy atom. The average molecular weight is 282 g/mol. The molecule has 0 spiro atoms. The highest BCUT2D eigenvalue weighted by molar-refractivity contribution is 9.10. The van der Waals surface area contributed by atoms with Crippen LogP contribution in [0.2, 0.25) is 0 Å². The van der Waals surface area contributed by atoms with Crippen LogP contribution in [0.4, 0.5) is 5.82 Å². The molecule has 0 aromatic carbocycles. The minimum atomic E-state index is 0.664. The smallest absolute Gasteiger partial charge is 0.126 e. The van der Waals surface area contributed by atoms with Crippen molar-refractivity contribution >= 4 is 21.7 Å². The summed E-state index contributed by atoms with van der Waals surface area (Å²) in [5.41, 5.74) is 1.98. The zero-order chi connectivity index (χ0) is 11.5. The van der Waals surface area contributed by atoms with Gasteiger partial charge in [0.15, 0.2) is 0 Å². The van der Waals surface area contributed by atoms with Gasteiger partial charge in [-0.25, -0.2) is 4.98 Å². The van der Waals surface area contributed by atoms with Crippen LogP contribution >= 0.6 is 15.9 Å². The Bertz CT molecular complexity index is 494. The van der Waals surface area contributed by atoms with Crippen LogP contribution < -0.4 is 5.32 Å². The zero-order valence-electron chi connectivity index (χ0n) is 9.11. The van der Waals surface area contributed by atoms with E-state index in [0.29, 0.717) is 6.54 Å². The normalized spacial score (nSPS) is 10.4. The molecule has 2 heterocycles. The SMILES string of the molecule is Cc1nc(NCc2cnnn2C)ccc1Br. The number of aromatic nitrogens is 4. The molecular weight excluding hydrogens is 270 g/mol. The lowest BCUT2D eigenvalue weighted by Crippen LogP contribution is -2.06. The predicted octanol–water partition coefficient (Wildman–Crippen LogP) is 1.89. The molecule has 16 heavy (non-hydrogen) atoms. The number of rotatable bonds is 3. The topological polar surface area (TPSA) is 55.6 Å². The van der Waals surface area contributed by atoms with E-state index in [-0.39, 0.29) is 0 Å². The lowest BCUT2D eigenvalue weighted by molar-refractivity contribution is 0.683. The van der Waals surface area contributed by atoms with E-state index >= 15 is 0 Å². The molecule has 0 fully saturated rings. The Labute approximate surface area is 102 Å². The Morgan fingerprint density at radius 3 is 2.88 bits per heavy atom. The van der Waals surface area contributed by atoms with E-state index in [1.807, 2.05) is 26.1 Å². The van der Waals surface area contributed by atoms with E-state index in [2.05, 4.69) is 36.5 Å². The summed E-state index contributed by atoms with van der Waals surface area (Å²) >= 11 is 3.42. The lowest BCUT2D eigenvalue weighted by atomic mass is 10.3. The summed E-state index contributed by atoms with van der Waals surface area (Å²) < 4.78 is 2.75. The number of nitrogens with zero attached hydrogens (tertiary/aromatic N) is 4. The largest absolute Gasteiger partial charge is 0.364 e. The molecule has 0 aliphatic heterocycles. The van der Waals surface area contributed by atoms with Gasteiger partial charge in [0.05, 0.1) is 24.1 Å². The van der Waals surface area contributed by atoms with Gasteiger partial charge in [-0.3, -0.25) is 4.68 Å². The Morgan fingerprint density at radius 1 is 1.44 bits per heavy atom. The molecule has 0 atom stereocenters. The average Bonchev–Trinajstić information content (AvgIpc) is 2.66. The molecule has 2 rings (SSSR count). The highest BCUT2D eigenvalue weighted by Gasteiger charge is 2.01. The fraction of sp³-hybridized carbons (Fsp3) is 0.300. The molecule has 6 heteroatoms. The van der Waals surface area contributed by atoms with Crippen molar-refractivity contribution in [2.45, 2.75) is 13.5 Å². The van der Waals surface area contributed by atoms with Gasteiger partial charge in [-0.1, -0.05) is 5.21 Å². The molecule has 0 aliphatic rings. The van der Waals surface area contributed by atoms with Crippen LogP contribution in [0.25, 0.3) is 0 Å². The van der Waals surface area contributed by atoms with Gasteiger partial charge in [0.25, 0.3) is 0 Å². The second-order valence-corrected chi connectivity index (χ2v) is 4.32. The lowest BCUT2D eigenvalue weighted by Gasteiger charge is -2.06. The number of nitrogens with one attached hydrogen (secondary N) is 1. The third-order valence-electron chi connectivity index (χ3n) is 2.28. The molecule has 0 saturated heterocycles. The van der Waals surface area contributed by atoms with Gasteiger partial charge < -0.3 is 5.32 Å². The minimum absolute atomic E-state index is 0.664. The van der Waals surface area contributed by atoms with Gasteiger partial charge in [-0.2, -0.15) is 0 Å². The molecule has 0 amide bonds. The van der Waals surface area contributed by atoms with Crippen LogP contribution in [0.5, 0.6) is 0 Å². The molecule has 0 saturated carbocycles. The fourth-order valence-corrected chi connectivity index (χ4v) is 1.52. The summed E-state index contributed by atoms with van der Waals surface area (Å²) in [4.78, 5) is 4.39. The van der Waals surface area contributed by atoms with E-state index < -0.39 is 0 Å². The predicted molar refractivity (Wildman–Crippen MR) is 65.0 cm³/mol. The van der Waals surface area contributed by atoms with Crippen molar-refractivity contribution in [1.82, 2.24) is 20.0 Å². The van der Waals surface area contributed by atoms with Crippen LogP contribution in [0, 0.1) is 6.92 Å². The number of halogens is 1. The van der Waals surface area contributed by atoms with Crippen molar-refractivity contribution in [2.24, 2.45) is 7.05 Å². The summed E-state index contributed by atoms with van der Waals surface area (Å²) in [5.74, 6) is 0.849. The molecule has 1 N–H and O–H groups in total. The van der Waals surface area contributed by atoms with Crippen molar-refractivity contribution in [2.75, 3.05) is 5.32 Å². The molecule has 2 aromatic heterocycles. The maximum absolute atomic E-state index is 4.39. The summed E-state index contributed by atoms with van der Waals surface area (Å²) in [6.45, 7) is 2.62. The monoisotopic (exact) mass is 281 g/mol. The number of aryl methyl sites for hydroxylation is 2. The second-order valence-electron chi connectivity index (χ2n) is 3.47. The number of hydrogen-bond donors (Lipinski definition) is 1. The van der Waals surface area contributed by atoms with Crippen molar-refractivity contribution in [3.05, 3.63) is 34.2 Å². The highest BCUT2D eigenvalue weighted by atomic mass is 79.9. The van der Waals surface area contributed by atoms with Crippen molar-refractivity contribution in [1.29, 1.82) is 0 Å². The van der Waals surface area contributed by atoms with Gasteiger partial charge in [0.1, 0.15) is 5.82 Å². The van der Waals surface area contributed by atoms with E-state index in [1.54, 1.807) is 10.9 Å². The van der Waals surface area contributed by atoms with Crippen LogP contribution in [-0.2, 0) is 13.6 Å². The van der Waals surface area contributed by atoms with E-state index in [1.165, 1.54) is 0 Å². The van der Waals surface area contributed by atoms with Crippen LogP contribution in [0.3, 0.4) is 0 Å². The molecule has 0 bridgehead atoms. The standard InChI is InChI=1S/C10H12BrN5/c1-7-9(11)3-4-10(14-7)12-5-8-6-13-15-16(8)2/h3-4,6H,5H2,1-2H3,(H,12,14). The van der Waals surface area contributed by atoms with Crippen molar-refractivity contribution in [3.8, 4) is 0 Å². The summed E-state index contributed by atoms with van der Waals surface area (Å²) in [7, 11) is 1.87. The van der Waals surface area contributed by atoms with Crippen LogP contribution in [0.15, 0.2) is 22.8 Å². The van der Waals surface area contributed by atoms with Crippen molar-refractivity contribution < 1.29 is 0 Å². The first-order valence-corrected chi connectivity index (χ1v) is 5.66. The Hall–Kier alpha value is -1.43. The van der Waals surface area contributed by atoms with Gasteiger partial charge in [0, 0.05) is 11.5 Å². The summed E-state index contributed by atoms with van der Waals surface area (Å²) in [5, 5.41) is 10.9. The first kappa shape index (κ1) is 11.1. The third kappa shape index (κ3) is 2.38. The van der Waals surface area contributed by atoms with E-state index in [4.69, 9.17) is 0 Å². The molecule has 0 unspecified atom stereocenters. The molecular formula is C10H12BrN5. The number of pyridine rings is 1. The number of anilines is 1. The third-order valence-corrected chi connectivity index (χ3v) is 3.12. The fourth-order valence-electron chi connectivity index (χ4n) is 1.29. The summed E-state index contributed by atoms with van der Waals surface area (Å²) in [6, 6.07) is 3.91. The molecule has 2 aromatic rings. The highest BCUT2D eigenvalue weighted by Crippen LogP contribution is 2.16. The zero-order valence-corrected chi connectivity index (χ0v) is 10.7. The van der Waals surface area contributed by atoms with Gasteiger partial charge in [-0.15, -0.1) is 5.10 Å². The maximum atomic E-state index is 4.39. The van der Waals surface area contributed by atoms with E-state index in [9.17, 15) is 0 Å². The Balaban J connectivity index is 2.05. The first-order valence-electron chi connectivity index (χ1n) is 4.87. The van der Waals surface area contributed by atoms with Crippen LogP contribution in [-0.4, -0.2) is 20.0 Å².